The van der Waals surface area contributed by atoms with Crippen molar-refractivity contribution in [2.75, 3.05) is 0 Å². The van der Waals surface area contributed by atoms with Crippen molar-refractivity contribution >= 4 is 0 Å². The van der Waals surface area contributed by atoms with E-state index in [2.05, 4.69) is 0 Å². The highest BCUT2D eigenvalue weighted by Gasteiger charge is 2.17. The summed E-state index contributed by atoms with van der Waals surface area (Å²) >= 11 is 0. The topological polar surface area (TPSA) is 83.8 Å². The lowest BCUT2D eigenvalue weighted by atomic mass is 10.0. The van der Waals surface area contributed by atoms with Gasteiger partial charge >= 0.3 is 0 Å². The van der Waals surface area contributed by atoms with E-state index in [9.17, 15) is 19.8 Å². The fourth-order valence-electron chi connectivity index (χ4n) is 2.09. The Hall–Kier alpha value is -2.82. The molecule has 0 amide bonds. The highest BCUT2D eigenvalue weighted by atomic mass is 16.5. The maximum atomic E-state index is 11.6. The Morgan fingerprint density at radius 3 is 1.70 bits per heavy atom. The molecule has 0 saturated heterocycles. The summed E-state index contributed by atoms with van der Waals surface area (Å²) in [6, 6.07) is 8.10. The van der Waals surface area contributed by atoms with Gasteiger partial charge in [0, 0.05) is 17.5 Å². The van der Waals surface area contributed by atoms with Crippen LogP contribution in [0.3, 0.4) is 0 Å². The highest BCUT2D eigenvalue weighted by Crippen LogP contribution is 2.35. The summed E-state index contributed by atoms with van der Waals surface area (Å²) in [6.45, 7) is 0. The quantitative estimate of drug-likeness (QED) is 0.647. The van der Waals surface area contributed by atoms with Crippen LogP contribution in [-0.2, 0) is 6.42 Å². The molecule has 0 unspecified atom stereocenters. The van der Waals surface area contributed by atoms with E-state index in [4.69, 9.17) is 4.74 Å². The molecule has 1 heterocycles. The number of hydrogen-bond donors (Lipinski definition) is 2. The van der Waals surface area contributed by atoms with Crippen LogP contribution in [-0.4, -0.2) is 10.2 Å². The Morgan fingerprint density at radius 1 is 0.800 bits per heavy atom. The molecule has 0 bridgehead atoms. The number of ether oxygens (including phenoxy) is 1. The minimum atomic E-state index is -0.510. The van der Waals surface area contributed by atoms with Crippen molar-refractivity contribution in [2.24, 2.45) is 0 Å². The lowest BCUT2D eigenvalue weighted by Gasteiger charge is -2.16. The smallest absolute Gasteiger partial charge is 0.220 e. The molecule has 3 rings (SSSR count). The summed E-state index contributed by atoms with van der Waals surface area (Å²) in [7, 11) is 0. The third kappa shape index (κ3) is 1.99. The molecule has 0 fully saturated rings. The molecule has 2 aromatic rings. The van der Waals surface area contributed by atoms with Crippen LogP contribution in [0.2, 0.25) is 0 Å². The molecular weight excluding hydrogens is 260 g/mol. The minimum absolute atomic E-state index is 0.317. The Labute approximate surface area is 113 Å². The molecule has 2 N–H and O–H groups in total. The fourth-order valence-corrected chi connectivity index (χ4v) is 2.09. The van der Waals surface area contributed by atoms with E-state index in [1.54, 1.807) is 0 Å². The van der Waals surface area contributed by atoms with Crippen molar-refractivity contribution in [1.29, 1.82) is 0 Å². The van der Waals surface area contributed by atoms with Gasteiger partial charge in [-0.25, -0.2) is 0 Å². The van der Waals surface area contributed by atoms with Crippen LogP contribution in [0, 0.1) is 0 Å². The van der Waals surface area contributed by atoms with Crippen LogP contribution >= 0.6 is 0 Å². The zero-order valence-electron chi connectivity index (χ0n) is 10.3. The maximum Gasteiger partial charge on any atom is 0.220 e. The van der Waals surface area contributed by atoms with Crippen LogP contribution < -0.4 is 15.6 Å². The third-order valence-electron chi connectivity index (χ3n) is 3.13. The summed E-state index contributed by atoms with van der Waals surface area (Å²) in [6.07, 6.45) is 0.317. The van der Waals surface area contributed by atoms with Gasteiger partial charge in [0.05, 0.1) is 0 Å². The lowest BCUT2D eigenvalue weighted by Crippen LogP contribution is -2.05. The SMILES string of the molecule is O=c1cc2c(ccc1O)Oc1ccc(O)c(=O)cc1C2. The molecule has 0 spiro atoms. The van der Waals surface area contributed by atoms with Gasteiger partial charge in [-0.1, -0.05) is 0 Å². The summed E-state index contributed by atoms with van der Waals surface area (Å²) in [4.78, 5) is 23.2. The Balaban J connectivity index is 2.22. The molecule has 1 aliphatic rings. The Bertz CT molecular complexity index is 758. The van der Waals surface area contributed by atoms with Crippen molar-refractivity contribution in [3.05, 3.63) is 68.0 Å². The first kappa shape index (κ1) is 12.2. The normalized spacial score (nSPS) is 12.0. The van der Waals surface area contributed by atoms with E-state index in [-0.39, 0.29) is 11.5 Å². The molecule has 0 aromatic heterocycles. The van der Waals surface area contributed by atoms with E-state index < -0.39 is 10.9 Å². The van der Waals surface area contributed by atoms with Crippen molar-refractivity contribution < 1.29 is 14.9 Å². The van der Waals surface area contributed by atoms with Gasteiger partial charge in [0.1, 0.15) is 11.5 Å². The van der Waals surface area contributed by atoms with Gasteiger partial charge in [0.2, 0.25) is 10.9 Å². The molecule has 5 nitrogen and oxygen atoms in total. The van der Waals surface area contributed by atoms with E-state index in [1.165, 1.54) is 36.4 Å². The fraction of sp³-hybridized carbons (Fsp3) is 0.0667. The van der Waals surface area contributed by atoms with Gasteiger partial charge in [-0.3, -0.25) is 9.59 Å². The van der Waals surface area contributed by atoms with Crippen molar-refractivity contribution in [1.82, 2.24) is 0 Å². The van der Waals surface area contributed by atoms with Gasteiger partial charge in [0.25, 0.3) is 0 Å². The van der Waals surface area contributed by atoms with Gasteiger partial charge in [-0.05, 0) is 36.4 Å². The second-order valence-electron chi connectivity index (χ2n) is 4.51. The van der Waals surface area contributed by atoms with Crippen LogP contribution in [0.15, 0.2) is 46.0 Å². The van der Waals surface area contributed by atoms with Crippen LogP contribution in [0.25, 0.3) is 0 Å². The Morgan fingerprint density at radius 2 is 1.25 bits per heavy atom. The summed E-state index contributed by atoms with van der Waals surface area (Å²) < 4.78 is 5.62. The van der Waals surface area contributed by atoms with Crippen LogP contribution in [0.4, 0.5) is 0 Å². The van der Waals surface area contributed by atoms with E-state index in [0.29, 0.717) is 29.0 Å². The van der Waals surface area contributed by atoms with Gasteiger partial charge in [0.15, 0.2) is 11.5 Å². The summed E-state index contributed by atoms with van der Waals surface area (Å²) in [5.74, 6) is 0.153. The number of rotatable bonds is 0. The summed E-state index contributed by atoms with van der Waals surface area (Å²) in [5, 5.41) is 18.9. The average molecular weight is 270 g/mol. The molecule has 100 valence electrons. The zero-order valence-corrected chi connectivity index (χ0v) is 10.3. The second kappa shape index (κ2) is 4.38. The predicted octanol–water partition coefficient (Wildman–Crippen LogP) is 1.51. The number of aromatic hydroxyl groups is 2. The van der Waals surface area contributed by atoms with E-state index in [0.717, 1.165) is 0 Å². The minimum Gasteiger partial charge on any atom is -0.504 e. The van der Waals surface area contributed by atoms with E-state index >= 15 is 0 Å². The van der Waals surface area contributed by atoms with Crippen molar-refractivity contribution in [3.63, 3.8) is 0 Å². The molecule has 0 atom stereocenters. The van der Waals surface area contributed by atoms with Crippen LogP contribution in [0.1, 0.15) is 11.1 Å². The molecular formula is C15H10O5. The predicted molar refractivity (Wildman–Crippen MR) is 71.6 cm³/mol. The first-order chi connectivity index (χ1) is 9.54. The molecule has 0 radical (unpaired) electrons. The van der Waals surface area contributed by atoms with Gasteiger partial charge < -0.3 is 14.9 Å². The zero-order chi connectivity index (χ0) is 14.3. The standard InChI is InChI=1S/C15H10O5/c16-10-1-3-14-8(6-12(10)18)5-9-7-13(19)11(17)2-4-15(9)20-14/h1-4,6-7H,5H2,(H,16,18)(H,17,19). The molecule has 1 aliphatic heterocycles. The maximum absolute atomic E-state index is 11.6. The Kier molecular flexibility index (Phi) is 2.68. The third-order valence-corrected chi connectivity index (χ3v) is 3.13. The second-order valence-corrected chi connectivity index (χ2v) is 4.51. The van der Waals surface area contributed by atoms with E-state index in [1.807, 2.05) is 0 Å². The monoisotopic (exact) mass is 270 g/mol. The van der Waals surface area contributed by atoms with Crippen LogP contribution in [0.5, 0.6) is 23.0 Å². The molecule has 0 saturated carbocycles. The largest absolute Gasteiger partial charge is 0.504 e. The first-order valence-corrected chi connectivity index (χ1v) is 5.95. The number of hydrogen-bond acceptors (Lipinski definition) is 5. The number of fused-ring (bicyclic) bond motifs is 2. The highest BCUT2D eigenvalue weighted by molar-refractivity contribution is 5.50. The summed E-state index contributed by atoms with van der Waals surface area (Å²) in [5.41, 5.74) is 0.133. The molecule has 20 heavy (non-hydrogen) atoms. The molecule has 5 heteroatoms. The van der Waals surface area contributed by atoms with Crippen molar-refractivity contribution in [2.45, 2.75) is 6.42 Å². The average Bonchev–Trinajstić information content (AvgIpc) is 2.64. The molecule has 2 aromatic carbocycles. The van der Waals surface area contributed by atoms with Crippen molar-refractivity contribution in [3.8, 4) is 23.0 Å². The lowest BCUT2D eigenvalue weighted by molar-refractivity contribution is 0.459. The first-order valence-electron chi connectivity index (χ1n) is 5.95. The molecule has 0 aliphatic carbocycles. The van der Waals surface area contributed by atoms with Gasteiger partial charge in [-0.15, -0.1) is 0 Å². The van der Waals surface area contributed by atoms with Gasteiger partial charge in [-0.2, -0.15) is 0 Å².